The van der Waals surface area contributed by atoms with Crippen molar-refractivity contribution in [3.8, 4) is 5.75 Å². The van der Waals surface area contributed by atoms with Crippen molar-refractivity contribution >= 4 is 49.4 Å². The number of anilines is 1. The minimum Gasteiger partial charge on any atom is -0.497 e. The molecule has 0 bridgehead atoms. The molecule has 0 spiro atoms. The number of amides is 1. The lowest BCUT2D eigenvalue weighted by Gasteiger charge is -2.18. The molecular weight excluding hydrogens is 577 g/mol. The van der Waals surface area contributed by atoms with Crippen molar-refractivity contribution in [1.82, 2.24) is 14.6 Å². The minimum atomic E-state index is -5.08. The number of sulfonamides is 1. The van der Waals surface area contributed by atoms with Crippen LogP contribution in [0.2, 0.25) is 0 Å². The van der Waals surface area contributed by atoms with E-state index in [1.807, 2.05) is 36.4 Å². The van der Waals surface area contributed by atoms with Gasteiger partial charge in [-0.05, 0) is 65.2 Å². The second-order valence-corrected chi connectivity index (χ2v) is 11.3. The zero-order chi connectivity index (χ0) is 30.7. The summed E-state index contributed by atoms with van der Waals surface area (Å²) in [5.74, 6) is -2.12. The number of ether oxygens (including phenoxy) is 1. The Balaban J connectivity index is 0.000000517. The molecule has 0 unspecified atom stereocenters. The van der Waals surface area contributed by atoms with Gasteiger partial charge in [-0.3, -0.25) is 4.79 Å². The molecular formula is C28H27F3N4O6S. The number of carboxylic acids is 1. The average Bonchev–Trinajstić information content (AvgIpc) is 3.29. The Morgan fingerprint density at radius 3 is 2.52 bits per heavy atom. The number of halogens is 3. The maximum Gasteiger partial charge on any atom is 0.490 e. The number of nitrogen functional groups attached to an aromatic ring is 1. The lowest BCUT2D eigenvalue weighted by atomic mass is 10.1. The number of hydrogen-bond acceptors (Lipinski definition) is 7. The summed E-state index contributed by atoms with van der Waals surface area (Å²) in [6.45, 7) is 1.07. The van der Waals surface area contributed by atoms with Crippen LogP contribution in [0.15, 0.2) is 71.6 Å². The smallest absolute Gasteiger partial charge is 0.490 e. The molecule has 1 saturated heterocycles. The Morgan fingerprint density at radius 1 is 1.12 bits per heavy atom. The first kappa shape index (κ1) is 30.5. The number of alkyl halides is 3. The molecule has 4 aromatic rings. The second kappa shape index (κ2) is 12.2. The Hall–Kier alpha value is -4.43. The molecule has 1 aromatic heterocycles. The first-order valence-corrected chi connectivity index (χ1v) is 14.1. The van der Waals surface area contributed by atoms with E-state index in [1.54, 1.807) is 42.3 Å². The predicted molar refractivity (Wildman–Crippen MR) is 149 cm³/mol. The van der Waals surface area contributed by atoms with Crippen LogP contribution in [0.5, 0.6) is 5.75 Å². The van der Waals surface area contributed by atoms with Gasteiger partial charge in [0, 0.05) is 25.0 Å². The van der Waals surface area contributed by atoms with Gasteiger partial charge in [0.05, 0.1) is 23.4 Å². The number of benzene rings is 3. The van der Waals surface area contributed by atoms with Crippen molar-refractivity contribution in [2.75, 3.05) is 25.9 Å². The average molecular weight is 605 g/mol. The Morgan fingerprint density at radius 2 is 1.83 bits per heavy atom. The fourth-order valence-corrected chi connectivity index (χ4v) is 5.64. The molecule has 2 heterocycles. The quantitative estimate of drug-likeness (QED) is 0.287. The number of nitrogens with two attached hydrogens (primary N) is 1. The van der Waals surface area contributed by atoms with Gasteiger partial charge in [0.15, 0.2) is 0 Å². The topological polar surface area (TPSA) is 152 Å². The maximum absolute atomic E-state index is 13.0. The first-order valence-electron chi connectivity index (χ1n) is 12.6. The number of hydrogen-bond donors (Lipinski definition) is 3. The van der Waals surface area contributed by atoms with Crippen LogP contribution >= 0.6 is 0 Å². The van der Waals surface area contributed by atoms with Crippen LogP contribution < -0.4 is 15.2 Å². The summed E-state index contributed by atoms with van der Waals surface area (Å²) in [4.78, 5) is 28.2. The third-order valence-electron chi connectivity index (χ3n) is 6.70. The molecule has 1 amide bonds. The molecule has 42 heavy (non-hydrogen) atoms. The number of nitrogens with one attached hydrogen (secondary N) is 1. The number of aliphatic carboxylic acids is 1. The monoisotopic (exact) mass is 604 g/mol. The molecule has 1 aliphatic heterocycles. The summed E-state index contributed by atoms with van der Waals surface area (Å²) in [6.07, 6.45) is -4.49. The molecule has 1 aliphatic rings. The van der Waals surface area contributed by atoms with Crippen molar-refractivity contribution in [2.45, 2.75) is 24.0 Å². The van der Waals surface area contributed by atoms with Crippen LogP contribution in [0.25, 0.3) is 21.7 Å². The van der Waals surface area contributed by atoms with Gasteiger partial charge in [0.25, 0.3) is 0 Å². The van der Waals surface area contributed by atoms with Gasteiger partial charge in [-0.15, -0.1) is 0 Å². The van der Waals surface area contributed by atoms with Gasteiger partial charge in [-0.25, -0.2) is 22.9 Å². The molecule has 0 aliphatic carbocycles. The second-order valence-electron chi connectivity index (χ2n) is 9.50. The molecule has 1 fully saturated rings. The summed E-state index contributed by atoms with van der Waals surface area (Å²) >= 11 is 0. The fraction of sp³-hybridized carbons (Fsp3) is 0.250. The van der Waals surface area contributed by atoms with Gasteiger partial charge >= 0.3 is 12.1 Å². The van der Waals surface area contributed by atoms with Gasteiger partial charge in [-0.2, -0.15) is 13.2 Å². The van der Waals surface area contributed by atoms with E-state index >= 15 is 0 Å². The number of nitrogens with zero attached hydrogens (tertiary/aromatic N) is 2. The van der Waals surface area contributed by atoms with E-state index in [0.717, 1.165) is 27.2 Å². The lowest BCUT2D eigenvalue weighted by Crippen LogP contribution is -2.34. The standard InChI is InChI=1S/C26H26N4O4S.C2HF3O2/c1-34-21-7-5-17-6-8-22(14-20(17)13-21)35(32,33)28-15-18-11-12-30(26(18)31)16-19-3-2-4-24-23(19)9-10-25(27)29-24;3-2(4,5)1(6)7/h2-10,13-14,18,28H,11-12,15-16H2,1H3,(H2,27,29);(H,6,7)/t18-;/m0./s1. The zero-order valence-corrected chi connectivity index (χ0v) is 23.1. The summed E-state index contributed by atoms with van der Waals surface area (Å²) in [5.41, 5.74) is 7.56. The fourth-order valence-electron chi connectivity index (χ4n) is 4.52. The molecule has 0 radical (unpaired) electrons. The largest absolute Gasteiger partial charge is 0.497 e. The Bertz CT molecular complexity index is 1750. The highest BCUT2D eigenvalue weighted by molar-refractivity contribution is 7.89. The van der Waals surface area contributed by atoms with Crippen LogP contribution in [0.4, 0.5) is 19.0 Å². The predicted octanol–water partition coefficient (Wildman–Crippen LogP) is 3.94. The lowest BCUT2D eigenvalue weighted by molar-refractivity contribution is -0.192. The molecule has 5 rings (SSSR count). The summed E-state index contributed by atoms with van der Waals surface area (Å²) in [5, 5.41) is 9.76. The zero-order valence-electron chi connectivity index (χ0n) is 22.3. The van der Waals surface area contributed by atoms with E-state index in [9.17, 15) is 26.4 Å². The Labute approximate surface area is 238 Å². The number of fused-ring (bicyclic) bond motifs is 2. The number of carbonyl (C=O) groups is 2. The third kappa shape index (κ3) is 7.06. The third-order valence-corrected chi connectivity index (χ3v) is 8.13. The van der Waals surface area contributed by atoms with Gasteiger partial charge in [-0.1, -0.05) is 24.3 Å². The minimum absolute atomic E-state index is 0.0570. The summed E-state index contributed by atoms with van der Waals surface area (Å²) in [6, 6.07) is 19.9. The Kier molecular flexibility index (Phi) is 8.87. The number of pyridine rings is 1. The van der Waals surface area contributed by atoms with Gasteiger partial charge in [0.2, 0.25) is 15.9 Å². The van der Waals surface area contributed by atoms with Crippen molar-refractivity contribution in [1.29, 1.82) is 0 Å². The number of likely N-dealkylation sites (tertiary alicyclic amines) is 1. The molecule has 14 heteroatoms. The van der Waals surface area contributed by atoms with Gasteiger partial charge in [0.1, 0.15) is 11.6 Å². The molecule has 1 atom stereocenters. The van der Waals surface area contributed by atoms with E-state index < -0.39 is 28.1 Å². The van der Waals surface area contributed by atoms with Crippen molar-refractivity contribution in [3.63, 3.8) is 0 Å². The number of methoxy groups -OCH3 is 1. The van der Waals surface area contributed by atoms with E-state index in [4.69, 9.17) is 20.4 Å². The number of aromatic nitrogens is 1. The van der Waals surface area contributed by atoms with E-state index in [2.05, 4.69) is 9.71 Å². The first-order chi connectivity index (χ1) is 19.8. The highest BCUT2D eigenvalue weighted by Crippen LogP contribution is 2.26. The molecule has 3 aromatic carbocycles. The number of carboxylic acid groups (broad SMARTS) is 1. The number of rotatable bonds is 7. The summed E-state index contributed by atoms with van der Waals surface area (Å²) < 4.78 is 65.5. The van der Waals surface area contributed by atoms with Crippen LogP contribution in [0.3, 0.4) is 0 Å². The van der Waals surface area contributed by atoms with E-state index in [0.29, 0.717) is 31.1 Å². The highest BCUT2D eigenvalue weighted by Gasteiger charge is 2.38. The van der Waals surface area contributed by atoms with Crippen LogP contribution in [-0.2, 0) is 26.2 Å². The van der Waals surface area contributed by atoms with Crippen LogP contribution in [0.1, 0.15) is 12.0 Å². The highest BCUT2D eigenvalue weighted by atomic mass is 32.2. The molecule has 222 valence electrons. The van der Waals surface area contributed by atoms with Crippen molar-refractivity contribution in [2.24, 2.45) is 5.92 Å². The maximum atomic E-state index is 13.0. The molecule has 10 nitrogen and oxygen atoms in total. The van der Waals surface area contributed by atoms with Crippen LogP contribution in [-0.4, -0.2) is 61.7 Å². The molecule has 4 N–H and O–H groups in total. The normalized spacial score (nSPS) is 15.5. The van der Waals surface area contributed by atoms with E-state index in [1.165, 1.54) is 0 Å². The molecule has 0 saturated carbocycles. The van der Waals surface area contributed by atoms with Crippen molar-refractivity contribution in [3.05, 3.63) is 72.3 Å². The SMILES string of the molecule is COc1ccc2ccc(S(=O)(=O)NC[C@@H]3CCN(Cc4cccc5nc(N)ccc45)C3=O)cc2c1.O=C(O)C(F)(F)F. The van der Waals surface area contributed by atoms with Crippen LogP contribution in [0, 0.1) is 5.92 Å². The van der Waals surface area contributed by atoms with E-state index in [-0.39, 0.29) is 17.3 Å². The van der Waals surface area contributed by atoms with Crippen molar-refractivity contribution < 1.29 is 41.0 Å². The van der Waals surface area contributed by atoms with Gasteiger partial charge < -0.3 is 20.5 Å². The summed E-state index contributed by atoms with van der Waals surface area (Å²) in [7, 11) is -2.21. The number of carbonyl (C=O) groups excluding carboxylic acids is 1.